The third-order valence-electron chi connectivity index (χ3n) is 3.29. The molecule has 0 spiro atoms. The summed E-state index contributed by atoms with van der Waals surface area (Å²) < 4.78 is 0. The highest BCUT2D eigenvalue weighted by Gasteiger charge is 2.14. The molecule has 0 aliphatic heterocycles. The maximum absolute atomic E-state index is 12.1. The molecule has 6 heteroatoms. The number of halogens is 2. The molecule has 2 aromatic rings. The number of nitriles is 1. The largest absolute Gasteiger partial charge is 0.326 e. The van der Waals surface area contributed by atoms with Crippen molar-refractivity contribution < 1.29 is 9.69 Å². The quantitative estimate of drug-likeness (QED) is 0.872. The smallest absolute Gasteiger partial charge is 0.279 e. The molecule has 2 aromatic carbocycles. The first-order chi connectivity index (χ1) is 11.0. The van der Waals surface area contributed by atoms with Gasteiger partial charge in [-0.05, 0) is 24.3 Å². The predicted octanol–water partition coefficient (Wildman–Crippen LogP) is 2.52. The molecule has 118 valence electrons. The number of nitrogens with one attached hydrogen (secondary N) is 2. The van der Waals surface area contributed by atoms with Crippen LogP contribution in [-0.4, -0.2) is 19.5 Å². The van der Waals surface area contributed by atoms with Gasteiger partial charge in [0.25, 0.3) is 5.91 Å². The van der Waals surface area contributed by atoms with Crippen LogP contribution in [-0.2, 0) is 11.3 Å². The lowest BCUT2D eigenvalue weighted by atomic mass is 10.2. The second-order valence-electron chi connectivity index (χ2n) is 5.25. The molecule has 4 nitrogen and oxygen atoms in total. The Morgan fingerprint density at radius 3 is 2.70 bits per heavy atom. The fraction of sp³-hybridized carbons (Fsp3) is 0.176. The van der Waals surface area contributed by atoms with E-state index in [-0.39, 0.29) is 12.5 Å². The summed E-state index contributed by atoms with van der Waals surface area (Å²) in [5.41, 5.74) is 1.90. The monoisotopic (exact) mass is 348 g/mol. The first-order valence-electron chi connectivity index (χ1n) is 7.04. The zero-order valence-corrected chi connectivity index (χ0v) is 14.1. The number of hydrogen-bond donors (Lipinski definition) is 2. The Bertz CT molecular complexity index is 756. The van der Waals surface area contributed by atoms with Crippen molar-refractivity contribution in [2.45, 2.75) is 6.54 Å². The first-order valence-corrected chi connectivity index (χ1v) is 7.79. The van der Waals surface area contributed by atoms with Crippen molar-refractivity contribution in [3.05, 3.63) is 63.6 Å². The normalized spacial score (nSPS) is 11.6. The summed E-state index contributed by atoms with van der Waals surface area (Å²) in [6.45, 7) is 0.863. The molecule has 0 bridgehead atoms. The lowest BCUT2D eigenvalue weighted by Gasteiger charge is -2.15. The molecule has 0 aliphatic rings. The number of quaternary nitrogens is 1. The second kappa shape index (κ2) is 7.98. The van der Waals surface area contributed by atoms with Crippen molar-refractivity contribution in [2.75, 3.05) is 18.9 Å². The van der Waals surface area contributed by atoms with E-state index in [1.54, 1.807) is 36.4 Å². The van der Waals surface area contributed by atoms with Crippen molar-refractivity contribution >= 4 is 34.8 Å². The van der Waals surface area contributed by atoms with E-state index in [4.69, 9.17) is 28.5 Å². The molecule has 23 heavy (non-hydrogen) atoms. The number of nitrogens with zero attached hydrogens (tertiary/aromatic N) is 1. The summed E-state index contributed by atoms with van der Waals surface area (Å²) >= 11 is 12.0. The van der Waals surface area contributed by atoms with Crippen molar-refractivity contribution in [3.8, 4) is 6.07 Å². The van der Waals surface area contributed by atoms with Crippen molar-refractivity contribution in [1.82, 2.24) is 0 Å². The van der Waals surface area contributed by atoms with E-state index >= 15 is 0 Å². The standard InChI is InChI=1S/C17H15Cl2N3O/c1-22(10-13-6-7-14(18)8-15(13)19)11-17(23)21-16-5-3-2-4-12(16)9-20/h2-8H,10-11H2,1H3,(H,21,23)/p+1. The van der Waals surface area contributed by atoms with Gasteiger partial charge in [0.2, 0.25) is 0 Å². The van der Waals surface area contributed by atoms with Gasteiger partial charge in [0.1, 0.15) is 12.6 Å². The molecule has 0 aliphatic carbocycles. The van der Waals surface area contributed by atoms with E-state index in [0.717, 1.165) is 10.5 Å². The Kier molecular flexibility index (Phi) is 6.00. The van der Waals surface area contributed by atoms with Crippen LogP contribution in [0, 0.1) is 11.3 Å². The molecule has 0 heterocycles. The molecule has 2 rings (SSSR count). The predicted molar refractivity (Wildman–Crippen MR) is 91.7 cm³/mol. The minimum absolute atomic E-state index is 0.157. The van der Waals surface area contributed by atoms with Gasteiger partial charge < -0.3 is 10.2 Å². The number of carbonyl (C=O) groups excluding carboxylic acids is 1. The zero-order chi connectivity index (χ0) is 16.8. The number of anilines is 1. The molecule has 1 amide bonds. The Morgan fingerprint density at radius 1 is 1.26 bits per heavy atom. The van der Waals surface area contributed by atoms with Crippen LogP contribution in [0.4, 0.5) is 5.69 Å². The molecule has 1 unspecified atom stereocenters. The molecule has 0 saturated heterocycles. The molecule has 0 fully saturated rings. The number of likely N-dealkylation sites (N-methyl/N-ethyl adjacent to an activating group) is 1. The fourth-order valence-corrected chi connectivity index (χ4v) is 2.69. The number of rotatable bonds is 5. The number of para-hydroxylation sites is 1. The first kappa shape index (κ1) is 17.3. The van der Waals surface area contributed by atoms with E-state index < -0.39 is 0 Å². The highest BCUT2D eigenvalue weighted by molar-refractivity contribution is 6.35. The second-order valence-corrected chi connectivity index (χ2v) is 6.10. The molecule has 2 N–H and O–H groups in total. The van der Waals surface area contributed by atoms with Gasteiger partial charge in [-0.2, -0.15) is 5.26 Å². The van der Waals surface area contributed by atoms with Crippen LogP contribution in [0.1, 0.15) is 11.1 Å². The maximum atomic E-state index is 12.1. The van der Waals surface area contributed by atoms with Gasteiger partial charge in [-0.1, -0.05) is 41.4 Å². The lowest BCUT2D eigenvalue weighted by Crippen LogP contribution is -3.08. The highest BCUT2D eigenvalue weighted by atomic mass is 35.5. The van der Waals surface area contributed by atoms with E-state index in [2.05, 4.69) is 11.4 Å². The van der Waals surface area contributed by atoms with E-state index in [9.17, 15) is 4.79 Å². The van der Waals surface area contributed by atoms with Crippen LogP contribution in [0.3, 0.4) is 0 Å². The van der Waals surface area contributed by atoms with Crippen LogP contribution in [0.25, 0.3) is 0 Å². The lowest BCUT2D eigenvalue weighted by molar-refractivity contribution is -0.885. The average Bonchev–Trinajstić information content (AvgIpc) is 2.50. The Hall–Kier alpha value is -2.06. The Balaban J connectivity index is 1.96. The van der Waals surface area contributed by atoms with Crippen LogP contribution < -0.4 is 10.2 Å². The molecule has 0 radical (unpaired) electrons. The van der Waals surface area contributed by atoms with E-state index in [0.29, 0.717) is 27.8 Å². The number of hydrogen-bond acceptors (Lipinski definition) is 2. The van der Waals surface area contributed by atoms with Gasteiger partial charge in [0.05, 0.1) is 23.3 Å². The Morgan fingerprint density at radius 2 is 2.00 bits per heavy atom. The van der Waals surface area contributed by atoms with Crippen LogP contribution in [0.15, 0.2) is 42.5 Å². The van der Waals surface area contributed by atoms with Gasteiger partial charge >= 0.3 is 0 Å². The highest BCUT2D eigenvalue weighted by Crippen LogP contribution is 2.20. The van der Waals surface area contributed by atoms with Crippen LogP contribution >= 0.6 is 23.2 Å². The van der Waals surface area contributed by atoms with Crippen molar-refractivity contribution in [2.24, 2.45) is 0 Å². The number of amides is 1. The summed E-state index contributed by atoms with van der Waals surface area (Å²) in [6.07, 6.45) is 0. The molecular weight excluding hydrogens is 333 g/mol. The van der Waals surface area contributed by atoms with Gasteiger partial charge in [-0.25, -0.2) is 0 Å². The van der Waals surface area contributed by atoms with Crippen LogP contribution in [0.5, 0.6) is 0 Å². The molecule has 0 aromatic heterocycles. The SMILES string of the molecule is C[NH+](CC(=O)Nc1ccccc1C#N)Cc1ccc(Cl)cc1Cl. The van der Waals surface area contributed by atoms with Crippen LogP contribution in [0.2, 0.25) is 10.0 Å². The fourth-order valence-electron chi connectivity index (χ4n) is 2.21. The molecule has 1 atom stereocenters. The topological polar surface area (TPSA) is 57.3 Å². The minimum Gasteiger partial charge on any atom is -0.326 e. The average molecular weight is 349 g/mol. The maximum Gasteiger partial charge on any atom is 0.279 e. The van der Waals surface area contributed by atoms with E-state index in [1.807, 2.05) is 13.1 Å². The minimum atomic E-state index is -0.157. The summed E-state index contributed by atoms with van der Waals surface area (Å²) in [5, 5.41) is 13.0. The summed E-state index contributed by atoms with van der Waals surface area (Å²) in [7, 11) is 1.90. The van der Waals surface area contributed by atoms with Gasteiger partial charge in [0, 0.05) is 10.6 Å². The third kappa shape index (κ3) is 4.97. The summed E-state index contributed by atoms with van der Waals surface area (Å²) in [5.74, 6) is -0.157. The van der Waals surface area contributed by atoms with Crippen molar-refractivity contribution in [1.29, 1.82) is 5.26 Å². The number of benzene rings is 2. The number of carbonyl (C=O) groups is 1. The van der Waals surface area contributed by atoms with Crippen molar-refractivity contribution in [3.63, 3.8) is 0 Å². The summed E-state index contributed by atoms with van der Waals surface area (Å²) in [4.78, 5) is 13.1. The summed E-state index contributed by atoms with van der Waals surface area (Å²) in [6, 6.07) is 14.3. The van der Waals surface area contributed by atoms with E-state index in [1.165, 1.54) is 0 Å². The van der Waals surface area contributed by atoms with Gasteiger partial charge in [-0.15, -0.1) is 0 Å². The Labute approximate surface area is 145 Å². The van der Waals surface area contributed by atoms with Gasteiger partial charge in [0.15, 0.2) is 6.54 Å². The van der Waals surface area contributed by atoms with Gasteiger partial charge in [-0.3, -0.25) is 4.79 Å². The third-order valence-corrected chi connectivity index (χ3v) is 3.88. The molecule has 0 saturated carbocycles. The zero-order valence-electron chi connectivity index (χ0n) is 12.6. The molecular formula is C17H16Cl2N3O+.